The Morgan fingerprint density at radius 2 is 2.00 bits per heavy atom. The van der Waals surface area contributed by atoms with Crippen LogP contribution < -0.4 is 0 Å². The van der Waals surface area contributed by atoms with Gasteiger partial charge in [0.15, 0.2) is 0 Å². The molecule has 2 aliphatic rings. The second-order valence-electron chi connectivity index (χ2n) is 5.37. The van der Waals surface area contributed by atoms with Crippen LogP contribution in [0, 0.1) is 5.41 Å². The third-order valence-corrected chi connectivity index (χ3v) is 6.08. The Morgan fingerprint density at radius 3 is 2.62 bits per heavy atom. The molecule has 1 saturated heterocycles. The summed E-state index contributed by atoms with van der Waals surface area (Å²) in [5, 5.41) is 0. The highest BCUT2D eigenvalue weighted by atomic mass is 32.2. The summed E-state index contributed by atoms with van der Waals surface area (Å²) in [5.74, 6) is 3.58. The molecule has 0 aromatic heterocycles. The predicted molar refractivity (Wildman–Crippen MR) is 75.7 cm³/mol. The molecule has 2 rings (SSSR count). The van der Waals surface area contributed by atoms with Gasteiger partial charge in [0.2, 0.25) is 0 Å². The van der Waals surface area contributed by atoms with E-state index in [1.54, 1.807) is 0 Å². The van der Waals surface area contributed by atoms with Crippen molar-refractivity contribution in [2.75, 3.05) is 23.9 Å². The van der Waals surface area contributed by atoms with Gasteiger partial charge in [0.25, 0.3) is 0 Å². The minimum Gasteiger partial charge on any atom is -0.377 e. The van der Waals surface area contributed by atoms with Crippen LogP contribution in [-0.4, -0.2) is 30.0 Å². The zero-order valence-electron chi connectivity index (χ0n) is 10.1. The van der Waals surface area contributed by atoms with Gasteiger partial charge in [0.1, 0.15) is 0 Å². The van der Waals surface area contributed by atoms with Gasteiger partial charge in [-0.25, -0.2) is 0 Å². The zero-order chi connectivity index (χ0) is 11.3. The molecule has 1 nitrogen and oxygen atoms in total. The average molecular weight is 260 g/mol. The Balaban J connectivity index is 1.69. The van der Waals surface area contributed by atoms with Crippen LogP contribution in [0.4, 0.5) is 0 Å². The number of hydrogen-bond donors (Lipinski definition) is 1. The topological polar surface area (TPSA) is 9.23 Å². The molecule has 0 spiro atoms. The van der Waals surface area contributed by atoms with Crippen LogP contribution in [0.15, 0.2) is 0 Å². The maximum atomic E-state index is 5.67. The molecule has 0 radical (unpaired) electrons. The average Bonchev–Trinajstić information content (AvgIpc) is 2.83. The van der Waals surface area contributed by atoms with E-state index in [1.165, 1.54) is 56.5 Å². The second kappa shape index (κ2) is 6.55. The van der Waals surface area contributed by atoms with Gasteiger partial charge in [-0.05, 0) is 42.6 Å². The zero-order valence-corrected chi connectivity index (χ0v) is 11.8. The summed E-state index contributed by atoms with van der Waals surface area (Å²) in [7, 11) is 0. The molecule has 94 valence electrons. The molecule has 1 aliphatic heterocycles. The molecule has 3 heteroatoms. The first-order chi connectivity index (χ1) is 7.85. The molecule has 0 bridgehead atoms. The van der Waals surface area contributed by atoms with Crippen molar-refractivity contribution in [1.82, 2.24) is 0 Å². The Morgan fingerprint density at radius 1 is 1.19 bits per heavy atom. The van der Waals surface area contributed by atoms with Gasteiger partial charge < -0.3 is 4.74 Å². The first-order valence-corrected chi connectivity index (χ1v) is 8.44. The van der Waals surface area contributed by atoms with Gasteiger partial charge in [-0.1, -0.05) is 19.3 Å². The second-order valence-corrected chi connectivity index (χ2v) is 6.72. The Hall–Kier alpha value is 0.660. The molecule has 1 aliphatic carbocycles. The predicted octanol–water partition coefficient (Wildman–Crippen LogP) is 3.78. The molecule has 1 atom stereocenters. The summed E-state index contributed by atoms with van der Waals surface area (Å²) in [6, 6.07) is 0. The summed E-state index contributed by atoms with van der Waals surface area (Å²) in [6.07, 6.45) is 10.2. The van der Waals surface area contributed by atoms with Crippen LogP contribution in [0.3, 0.4) is 0 Å². The summed E-state index contributed by atoms with van der Waals surface area (Å²) in [5.41, 5.74) is 0.546. The molecular formula is C13H24OS2. The van der Waals surface area contributed by atoms with Crippen LogP contribution in [0.1, 0.15) is 44.9 Å². The minimum absolute atomic E-state index is 0.546. The highest BCUT2D eigenvalue weighted by Gasteiger charge is 2.30. The van der Waals surface area contributed by atoms with E-state index in [0.717, 1.165) is 12.4 Å². The van der Waals surface area contributed by atoms with Gasteiger partial charge in [-0.3, -0.25) is 0 Å². The lowest BCUT2D eigenvalue weighted by atomic mass is 9.77. The summed E-state index contributed by atoms with van der Waals surface area (Å²) in [6.45, 7) is 0.989. The fraction of sp³-hybridized carbons (Fsp3) is 1.00. The minimum atomic E-state index is 0.546. The first kappa shape index (κ1) is 13.1. The van der Waals surface area contributed by atoms with E-state index in [1.807, 2.05) is 0 Å². The van der Waals surface area contributed by atoms with Crippen molar-refractivity contribution in [3.8, 4) is 0 Å². The fourth-order valence-corrected chi connectivity index (χ4v) is 4.88. The molecule has 0 aromatic carbocycles. The van der Waals surface area contributed by atoms with E-state index in [0.29, 0.717) is 11.5 Å². The molecule has 0 N–H and O–H groups in total. The van der Waals surface area contributed by atoms with Gasteiger partial charge in [-0.2, -0.15) is 24.4 Å². The number of thioether (sulfide) groups is 1. The van der Waals surface area contributed by atoms with E-state index >= 15 is 0 Å². The van der Waals surface area contributed by atoms with Crippen molar-refractivity contribution in [2.45, 2.75) is 51.0 Å². The van der Waals surface area contributed by atoms with Crippen molar-refractivity contribution in [1.29, 1.82) is 0 Å². The van der Waals surface area contributed by atoms with Crippen molar-refractivity contribution in [3.05, 3.63) is 0 Å². The molecular weight excluding hydrogens is 236 g/mol. The maximum absolute atomic E-state index is 5.67. The SMILES string of the molecule is SCC1(CSCC2CCCO2)CCCCC1. The van der Waals surface area contributed by atoms with E-state index in [2.05, 4.69) is 24.4 Å². The Kier molecular flexibility index (Phi) is 5.37. The third kappa shape index (κ3) is 3.58. The quantitative estimate of drug-likeness (QED) is 0.753. The van der Waals surface area contributed by atoms with Gasteiger partial charge >= 0.3 is 0 Å². The number of rotatable bonds is 5. The lowest BCUT2D eigenvalue weighted by Crippen LogP contribution is -2.29. The lowest BCUT2D eigenvalue weighted by Gasteiger charge is -2.36. The fourth-order valence-electron chi connectivity index (χ4n) is 2.83. The first-order valence-electron chi connectivity index (χ1n) is 6.65. The Labute approximate surface area is 109 Å². The summed E-state index contributed by atoms with van der Waals surface area (Å²) >= 11 is 6.69. The van der Waals surface area contributed by atoms with Crippen molar-refractivity contribution in [2.24, 2.45) is 5.41 Å². The maximum Gasteiger partial charge on any atom is 0.0666 e. The summed E-state index contributed by atoms with van der Waals surface area (Å²) < 4.78 is 5.67. The van der Waals surface area contributed by atoms with Crippen LogP contribution in [0.2, 0.25) is 0 Å². The smallest absolute Gasteiger partial charge is 0.0666 e. The van der Waals surface area contributed by atoms with Crippen LogP contribution in [-0.2, 0) is 4.74 Å². The van der Waals surface area contributed by atoms with E-state index < -0.39 is 0 Å². The number of ether oxygens (including phenoxy) is 1. The molecule has 1 unspecified atom stereocenters. The van der Waals surface area contributed by atoms with E-state index in [9.17, 15) is 0 Å². The van der Waals surface area contributed by atoms with Gasteiger partial charge in [0.05, 0.1) is 6.10 Å². The molecule has 16 heavy (non-hydrogen) atoms. The molecule has 1 saturated carbocycles. The van der Waals surface area contributed by atoms with Crippen LogP contribution in [0.25, 0.3) is 0 Å². The standard InChI is InChI=1S/C13H24OS2/c15-10-13(6-2-1-3-7-13)11-16-9-12-5-4-8-14-12/h12,15H,1-11H2. The van der Waals surface area contributed by atoms with Crippen molar-refractivity contribution in [3.63, 3.8) is 0 Å². The molecule has 2 fully saturated rings. The molecule has 0 amide bonds. The lowest BCUT2D eigenvalue weighted by molar-refractivity contribution is 0.128. The third-order valence-electron chi connectivity index (χ3n) is 3.99. The van der Waals surface area contributed by atoms with Gasteiger partial charge in [-0.15, -0.1) is 0 Å². The Bertz CT molecular complexity index is 196. The van der Waals surface area contributed by atoms with Crippen molar-refractivity contribution >= 4 is 24.4 Å². The highest BCUT2D eigenvalue weighted by molar-refractivity contribution is 7.99. The molecule has 0 aromatic rings. The van der Waals surface area contributed by atoms with E-state index in [-0.39, 0.29) is 0 Å². The van der Waals surface area contributed by atoms with Crippen LogP contribution in [0.5, 0.6) is 0 Å². The van der Waals surface area contributed by atoms with E-state index in [4.69, 9.17) is 4.74 Å². The largest absolute Gasteiger partial charge is 0.377 e. The number of hydrogen-bond acceptors (Lipinski definition) is 3. The normalized spacial score (nSPS) is 29.4. The van der Waals surface area contributed by atoms with Crippen LogP contribution >= 0.6 is 24.4 Å². The summed E-state index contributed by atoms with van der Waals surface area (Å²) in [4.78, 5) is 0. The van der Waals surface area contributed by atoms with Gasteiger partial charge in [0, 0.05) is 12.4 Å². The van der Waals surface area contributed by atoms with Crippen molar-refractivity contribution < 1.29 is 4.74 Å². The monoisotopic (exact) mass is 260 g/mol. The highest BCUT2D eigenvalue weighted by Crippen LogP contribution is 2.40. The molecule has 1 heterocycles. The number of thiol groups is 1.